The van der Waals surface area contributed by atoms with Crippen LogP contribution in [0.3, 0.4) is 0 Å². The van der Waals surface area contributed by atoms with Crippen molar-refractivity contribution in [3.8, 4) is 0 Å². The number of piperidine rings is 1. The van der Waals surface area contributed by atoms with Gasteiger partial charge in [0.1, 0.15) is 5.69 Å². The average Bonchev–Trinajstić information content (AvgIpc) is 2.84. The number of alkyl halides is 3. The second-order valence-corrected chi connectivity index (χ2v) is 11.6. The summed E-state index contributed by atoms with van der Waals surface area (Å²) in [6.45, 7) is 0.866. The lowest BCUT2D eigenvalue weighted by Gasteiger charge is -2.42. The molecule has 1 aromatic heterocycles. The normalized spacial score (nSPS) is 19.0. The Morgan fingerprint density at radius 1 is 1.21 bits per heavy atom. The van der Waals surface area contributed by atoms with Crippen molar-refractivity contribution in [3.63, 3.8) is 0 Å². The zero-order valence-corrected chi connectivity index (χ0v) is 22.0. The summed E-state index contributed by atoms with van der Waals surface area (Å²) in [5.74, 6) is 1.76. The van der Waals surface area contributed by atoms with Gasteiger partial charge in [0.05, 0.1) is 24.1 Å². The van der Waals surface area contributed by atoms with Crippen molar-refractivity contribution in [2.24, 2.45) is 10.9 Å². The Bertz CT molecular complexity index is 1380. The third-order valence-corrected chi connectivity index (χ3v) is 7.67. The Kier molecular flexibility index (Phi) is 8.24. The second kappa shape index (κ2) is 11.3. The molecule has 0 bridgehead atoms. The van der Waals surface area contributed by atoms with Crippen LogP contribution in [0.2, 0.25) is 0 Å². The van der Waals surface area contributed by atoms with Gasteiger partial charge >= 0.3 is 12.2 Å². The molecule has 1 atom stereocenters. The van der Waals surface area contributed by atoms with Gasteiger partial charge in [0, 0.05) is 24.2 Å². The number of amides is 3. The number of hydrogen-bond donors (Lipinski definition) is 2. The minimum absolute atomic E-state index is 0.0395. The first-order chi connectivity index (χ1) is 18.4. The van der Waals surface area contributed by atoms with E-state index >= 15 is 0 Å². The second-order valence-electron chi connectivity index (χ2n) is 9.78. The molecule has 0 spiro atoms. The van der Waals surface area contributed by atoms with Gasteiger partial charge in [0.15, 0.2) is 0 Å². The number of aliphatic imine (C=N–C) groups is 1. The number of sulfonamides is 1. The molecule has 9 nitrogen and oxygen atoms in total. The first-order valence-electron chi connectivity index (χ1n) is 12.4. The molecule has 1 unspecified atom stereocenters. The van der Waals surface area contributed by atoms with Crippen molar-refractivity contribution < 1.29 is 31.2 Å². The molecule has 2 aromatic rings. The van der Waals surface area contributed by atoms with Gasteiger partial charge in [-0.05, 0) is 67.5 Å². The molecule has 2 aliphatic rings. The third-order valence-electron chi connectivity index (χ3n) is 7.00. The molecule has 1 aliphatic heterocycles. The first-order valence-corrected chi connectivity index (χ1v) is 14.3. The van der Waals surface area contributed by atoms with Gasteiger partial charge in [-0.15, -0.1) is 4.99 Å². The van der Waals surface area contributed by atoms with Crippen LogP contribution < -0.4 is 14.9 Å². The van der Waals surface area contributed by atoms with Gasteiger partial charge in [0.25, 0.3) is 0 Å². The van der Waals surface area contributed by atoms with Crippen LogP contribution >= 0.6 is 0 Å². The standard InChI is InChI=1S/C26H28F3N5O4S/c1-39(37,38)32-17-25(12-3-13-25)19-5-8-21(9-6-19)34-15-2-4-18(23(34)35)11-14-30-24(36)33-20-7-10-22(31-16-20)26(27,28)29/h5-11,16,18,32H,2-4,12-13,15,17H2,1H3,(H,33,36). The lowest BCUT2D eigenvalue weighted by molar-refractivity contribution is -0.141. The summed E-state index contributed by atoms with van der Waals surface area (Å²) in [4.78, 5) is 33.6. The van der Waals surface area contributed by atoms with Crippen LogP contribution in [0.4, 0.5) is 29.3 Å². The molecule has 1 aromatic carbocycles. The van der Waals surface area contributed by atoms with Crippen molar-refractivity contribution in [2.75, 3.05) is 29.6 Å². The number of nitrogens with zero attached hydrogens (tertiary/aromatic N) is 3. The number of pyridine rings is 1. The van der Waals surface area contributed by atoms with Gasteiger partial charge in [-0.1, -0.05) is 18.6 Å². The highest BCUT2D eigenvalue weighted by molar-refractivity contribution is 7.88. The zero-order valence-electron chi connectivity index (χ0n) is 21.2. The van der Waals surface area contributed by atoms with E-state index in [-0.39, 0.29) is 17.0 Å². The largest absolute Gasteiger partial charge is 0.433 e. The van der Waals surface area contributed by atoms with Crippen LogP contribution in [0.5, 0.6) is 0 Å². The van der Waals surface area contributed by atoms with Crippen molar-refractivity contribution in [1.82, 2.24) is 9.71 Å². The maximum Gasteiger partial charge on any atom is 0.433 e. The fraction of sp³-hybridized carbons (Fsp3) is 0.423. The molecule has 208 valence electrons. The van der Waals surface area contributed by atoms with E-state index in [0.29, 0.717) is 19.5 Å². The number of halogens is 3. The van der Waals surface area contributed by atoms with Crippen molar-refractivity contribution in [3.05, 3.63) is 59.9 Å². The maximum absolute atomic E-state index is 13.1. The van der Waals surface area contributed by atoms with E-state index < -0.39 is 33.8 Å². The molecule has 3 amide bonds. The number of nitrogens with one attached hydrogen (secondary N) is 2. The summed E-state index contributed by atoms with van der Waals surface area (Å²) in [6, 6.07) is 8.54. The predicted molar refractivity (Wildman–Crippen MR) is 140 cm³/mol. The summed E-state index contributed by atoms with van der Waals surface area (Å²) in [7, 11) is -3.30. The van der Waals surface area contributed by atoms with E-state index in [1.165, 1.54) is 6.08 Å². The highest BCUT2D eigenvalue weighted by Crippen LogP contribution is 2.44. The smallest absolute Gasteiger partial charge is 0.312 e. The first kappa shape index (κ1) is 28.5. The van der Waals surface area contributed by atoms with E-state index in [4.69, 9.17) is 0 Å². The summed E-state index contributed by atoms with van der Waals surface area (Å²) >= 11 is 0. The van der Waals surface area contributed by atoms with Gasteiger partial charge in [0.2, 0.25) is 15.9 Å². The quantitative estimate of drug-likeness (QED) is 0.488. The maximum atomic E-state index is 13.1. The molecule has 0 radical (unpaired) electrons. The Balaban J connectivity index is 1.38. The lowest BCUT2D eigenvalue weighted by atomic mass is 9.64. The van der Waals surface area contributed by atoms with E-state index in [1.54, 1.807) is 4.90 Å². The van der Waals surface area contributed by atoms with Gasteiger partial charge in [-0.3, -0.25) is 4.79 Å². The molecular formula is C26H28F3N5O4S. The molecule has 1 aliphatic carbocycles. The number of benzene rings is 1. The van der Waals surface area contributed by atoms with Crippen LogP contribution in [0.15, 0.2) is 53.7 Å². The molecule has 4 rings (SSSR count). The van der Waals surface area contributed by atoms with Crippen LogP contribution in [0.1, 0.15) is 43.4 Å². The van der Waals surface area contributed by atoms with E-state index in [9.17, 15) is 31.2 Å². The highest BCUT2D eigenvalue weighted by atomic mass is 32.2. The SMILES string of the molecule is CS(=O)(=O)NCC1(c2ccc(N3CCCC(C=C=NC(=O)Nc4ccc(C(F)(F)F)nc4)C3=O)cc2)CCC1. The summed E-state index contributed by atoms with van der Waals surface area (Å²) in [5, 5.41) is 2.30. The van der Waals surface area contributed by atoms with Gasteiger partial charge < -0.3 is 10.2 Å². The molecule has 2 N–H and O–H groups in total. The molecule has 2 fully saturated rings. The topological polar surface area (TPSA) is 121 Å². The van der Waals surface area contributed by atoms with Crippen LogP contribution in [0.25, 0.3) is 0 Å². The molecule has 2 heterocycles. The zero-order chi connectivity index (χ0) is 28.3. The number of rotatable bonds is 7. The summed E-state index contributed by atoms with van der Waals surface area (Å²) in [6.07, 6.45) is 2.91. The number of carbonyl (C=O) groups is 2. The molecule has 1 saturated heterocycles. The molecule has 13 heteroatoms. The van der Waals surface area contributed by atoms with Crippen molar-refractivity contribution in [2.45, 2.75) is 43.7 Å². The number of aromatic nitrogens is 1. The number of urea groups is 1. The van der Waals surface area contributed by atoms with Crippen LogP contribution in [0, 0.1) is 5.92 Å². The summed E-state index contributed by atoms with van der Waals surface area (Å²) in [5.41, 5.74) is 0.461. The Hall–Kier alpha value is -3.54. The van der Waals surface area contributed by atoms with Crippen LogP contribution in [-0.2, 0) is 26.4 Å². The lowest BCUT2D eigenvalue weighted by Crippen LogP contribution is -2.45. The van der Waals surface area contributed by atoms with Crippen LogP contribution in [-0.4, -0.2) is 50.6 Å². The minimum Gasteiger partial charge on any atom is -0.312 e. The summed E-state index contributed by atoms with van der Waals surface area (Å²) < 4.78 is 63.6. The molecular weight excluding hydrogens is 535 g/mol. The monoisotopic (exact) mass is 563 g/mol. The van der Waals surface area contributed by atoms with Gasteiger partial charge in [-0.25, -0.2) is 22.9 Å². The molecule has 39 heavy (non-hydrogen) atoms. The predicted octanol–water partition coefficient (Wildman–Crippen LogP) is 4.27. The number of carbonyl (C=O) groups excluding carboxylic acids is 2. The fourth-order valence-electron chi connectivity index (χ4n) is 4.72. The number of hydrogen-bond acceptors (Lipinski definition) is 5. The van der Waals surface area contributed by atoms with Gasteiger partial charge in [-0.2, -0.15) is 13.2 Å². The van der Waals surface area contributed by atoms with E-state index in [1.807, 2.05) is 24.3 Å². The Morgan fingerprint density at radius 2 is 1.92 bits per heavy atom. The Labute approximate surface area is 224 Å². The average molecular weight is 564 g/mol. The van der Waals surface area contributed by atoms with E-state index in [2.05, 4.69) is 25.9 Å². The minimum atomic E-state index is -4.58. The van der Waals surface area contributed by atoms with Crippen molar-refractivity contribution >= 4 is 39.2 Å². The van der Waals surface area contributed by atoms with Crippen molar-refractivity contribution in [1.29, 1.82) is 0 Å². The molecule has 1 saturated carbocycles. The highest BCUT2D eigenvalue weighted by Gasteiger charge is 2.39. The number of anilines is 2. The Morgan fingerprint density at radius 3 is 2.49 bits per heavy atom. The fourth-order valence-corrected chi connectivity index (χ4v) is 5.26. The van der Waals surface area contributed by atoms with E-state index in [0.717, 1.165) is 61.5 Å². The third kappa shape index (κ3) is 7.11.